The van der Waals surface area contributed by atoms with Crippen LogP contribution in [0.5, 0.6) is 5.75 Å². The maximum Gasteiger partial charge on any atom is 0.243 e. The molecule has 0 unspecified atom stereocenters. The van der Waals surface area contributed by atoms with E-state index in [1.54, 1.807) is 10.9 Å². The fourth-order valence-corrected chi connectivity index (χ4v) is 4.81. The molecule has 0 bridgehead atoms. The number of para-hydroxylation sites is 1. The van der Waals surface area contributed by atoms with Crippen LogP contribution in [-0.4, -0.2) is 61.4 Å². The molecule has 2 aromatic carbocycles. The molecule has 2 aromatic heterocycles. The summed E-state index contributed by atoms with van der Waals surface area (Å²) in [7, 11) is -3.82. The van der Waals surface area contributed by atoms with Crippen LogP contribution >= 0.6 is 0 Å². The van der Waals surface area contributed by atoms with Crippen LogP contribution in [0, 0.1) is 5.82 Å². The number of nitrogens with one attached hydrogen (secondary N) is 1. The summed E-state index contributed by atoms with van der Waals surface area (Å²) in [5.41, 5.74) is 0.592. The van der Waals surface area contributed by atoms with Gasteiger partial charge in [-0.15, -0.1) is 15.3 Å². The van der Waals surface area contributed by atoms with Crippen molar-refractivity contribution in [1.82, 2.24) is 39.9 Å². The Kier molecular flexibility index (Phi) is 5.11. The van der Waals surface area contributed by atoms with Crippen molar-refractivity contribution in [3.63, 3.8) is 0 Å². The molecule has 11 nitrogen and oxygen atoms in total. The minimum absolute atomic E-state index is 0.0195. The molecule has 5 rings (SSSR count). The highest BCUT2D eigenvalue weighted by Gasteiger charge is 2.38. The Labute approximate surface area is 181 Å². The predicted octanol–water partition coefficient (Wildman–Crippen LogP) is 1.42. The molecule has 13 heteroatoms. The molecule has 0 atom stereocenters. The minimum Gasteiger partial charge on any atom is -0.487 e. The smallest absolute Gasteiger partial charge is 0.243 e. The molecular formula is C19H17FN8O3S. The zero-order valence-corrected chi connectivity index (χ0v) is 17.4. The highest BCUT2D eigenvalue weighted by molar-refractivity contribution is 7.89. The van der Waals surface area contributed by atoms with Gasteiger partial charge in [-0.25, -0.2) is 17.5 Å². The van der Waals surface area contributed by atoms with Crippen LogP contribution in [0.2, 0.25) is 0 Å². The van der Waals surface area contributed by atoms with Gasteiger partial charge in [-0.1, -0.05) is 23.4 Å². The Morgan fingerprint density at radius 3 is 2.69 bits per heavy atom. The average molecular weight is 456 g/mol. The third-order valence-electron chi connectivity index (χ3n) is 5.05. The number of halogens is 1. The second-order valence-corrected chi connectivity index (χ2v) is 9.08. The molecular weight excluding hydrogens is 439 g/mol. The molecule has 0 spiro atoms. The zero-order valence-electron chi connectivity index (χ0n) is 16.5. The standard InChI is InChI=1S/C19H17FN8O3S/c20-18-7-6-16(8-17(18)19-22-24-25-23-19)32(29,30)27-10-14(11-27)28-9-13(21-26-28)12-31-15-4-2-1-3-5-15/h1-9,14H,10-12H2,(H,22,23,24,25). The molecule has 32 heavy (non-hydrogen) atoms. The highest BCUT2D eigenvalue weighted by atomic mass is 32.2. The lowest BCUT2D eigenvalue weighted by Gasteiger charge is -2.37. The molecule has 1 N–H and O–H groups in total. The summed E-state index contributed by atoms with van der Waals surface area (Å²) >= 11 is 0. The molecule has 1 aliphatic rings. The van der Waals surface area contributed by atoms with Crippen LogP contribution in [0.15, 0.2) is 59.6 Å². The van der Waals surface area contributed by atoms with Gasteiger partial charge in [0.05, 0.1) is 22.7 Å². The number of benzene rings is 2. The lowest BCUT2D eigenvalue weighted by atomic mass is 10.2. The van der Waals surface area contributed by atoms with E-state index < -0.39 is 15.8 Å². The first-order valence-corrected chi connectivity index (χ1v) is 11.1. The number of rotatable bonds is 7. The van der Waals surface area contributed by atoms with Crippen molar-refractivity contribution in [3.8, 4) is 17.1 Å². The molecule has 4 aromatic rings. The van der Waals surface area contributed by atoms with Gasteiger partial charge in [-0.3, -0.25) is 0 Å². The number of aromatic nitrogens is 7. The number of tetrazole rings is 1. The Hall–Kier alpha value is -3.71. The first-order chi connectivity index (χ1) is 15.5. The Bertz CT molecular complexity index is 1320. The van der Waals surface area contributed by atoms with Gasteiger partial charge in [-0.05, 0) is 35.5 Å². The van der Waals surface area contributed by atoms with E-state index in [9.17, 15) is 12.8 Å². The average Bonchev–Trinajstić information content (AvgIpc) is 3.44. The maximum atomic E-state index is 14.1. The van der Waals surface area contributed by atoms with Crippen LogP contribution in [0.4, 0.5) is 4.39 Å². The zero-order chi connectivity index (χ0) is 22.1. The van der Waals surface area contributed by atoms with Gasteiger partial charge >= 0.3 is 0 Å². The molecule has 3 heterocycles. The van der Waals surface area contributed by atoms with Crippen LogP contribution in [0.25, 0.3) is 11.4 Å². The summed E-state index contributed by atoms with van der Waals surface area (Å²) < 4.78 is 48.6. The maximum absolute atomic E-state index is 14.1. The van der Waals surface area contributed by atoms with Gasteiger partial charge in [0.25, 0.3) is 0 Å². The third-order valence-corrected chi connectivity index (χ3v) is 6.88. The van der Waals surface area contributed by atoms with Crippen LogP contribution < -0.4 is 4.74 Å². The monoisotopic (exact) mass is 456 g/mol. The predicted molar refractivity (Wildman–Crippen MR) is 108 cm³/mol. The number of ether oxygens (including phenoxy) is 1. The number of hydrogen-bond donors (Lipinski definition) is 1. The van der Waals surface area contributed by atoms with Crippen molar-refractivity contribution in [2.24, 2.45) is 0 Å². The second-order valence-electron chi connectivity index (χ2n) is 7.14. The summed E-state index contributed by atoms with van der Waals surface area (Å²) in [5.74, 6) is 0.0658. The van der Waals surface area contributed by atoms with E-state index in [0.717, 1.165) is 11.8 Å². The van der Waals surface area contributed by atoms with Crippen molar-refractivity contribution < 1.29 is 17.5 Å². The topological polar surface area (TPSA) is 132 Å². The van der Waals surface area contributed by atoms with E-state index in [0.29, 0.717) is 5.69 Å². The summed E-state index contributed by atoms with van der Waals surface area (Å²) in [6.07, 6.45) is 1.74. The number of sulfonamides is 1. The van der Waals surface area contributed by atoms with Crippen LogP contribution in [0.3, 0.4) is 0 Å². The molecule has 1 fully saturated rings. The van der Waals surface area contributed by atoms with Gasteiger partial charge in [0.2, 0.25) is 15.8 Å². The van der Waals surface area contributed by atoms with Crippen molar-refractivity contribution in [2.45, 2.75) is 17.5 Å². The van der Waals surface area contributed by atoms with Crippen molar-refractivity contribution >= 4 is 10.0 Å². The lowest BCUT2D eigenvalue weighted by molar-refractivity contribution is 0.189. The highest BCUT2D eigenvalue weighted by Crippen LogP contribution is 2.30. The van der Waals surface area contributed by atoms with E-state index in [1.165, 1.54) is 16.4 Å². The summed E-state index contributed by atoms with van der Waals surface area (Å²) in [5, 5.41) is 21.2. The van der Waals surface area contributed by atoms with E-state index in [4.69, 9.17) is 4.74 Å². The van der Waals surface area contributed by atoms with Gasteiger partial charge in [-0.2, -0.15) is 9.52 Å². The number of H-pyrrole nitrogens is 1. The van der Waals surface area contributed by atoms with Crippen LogP contribution in [-0.2, 0) is 16.6 Å². The van der Waals surface area contributed by atoms with E-state index in [-0.39, 0.29) is 42.0 Å². The summed E-state index contributed by atoms with van der Waals surface area (Å²) in [6.45, 7) is 0.701. The minimum atomic E-state index is -3.82. The van der Waals surface area contributed by atoms with E-state index in [1.807, 2.05) is 30.3 Å². The van der Waals surface area contributed by atoms with Gasteiger partial charge in [0.1, 0.15) is 23.9 Å². The fourth-order valence-electron chi connectivity index (χ4n) is 3.27. The fraction of sp³-hybridized carbons (Fsp3) is 0.211. The van der Waals surface area contributed by atoms with E-state index >= 15 is 0 Å². The largest absolute Gasteiger partial charge is 0.487 e. The molecule has 1 saturated heterocycles. The Morgan fingerprint density at radius 2 is 1.94 bits per heavy atom. The van der Waals surface area contributed by atoms with Crippen LogP contribution in [0.1, 0.15) is 11.7 Å². The van der Waals surface area contributed by atoms with E-state index in [2.05, 4.69) is 30.9 Å². The van der Waals surface area contributed by atoms with Crippen molar-refractivity contribution in [2.75, 3.05) is 13.1 Å². The Morgan fingerprint density at radius 1 is 1.12 bits per heavy atom. The van der Waals surface area contributed by atoms with Crippen molar-refractivity contribution in [1.29, 1.82) is 0 Å². The second kappa shape index (κ2) is 8.09. The normalized spacial score (nSPS) is 14.9. The molecule has 1 aliphatic heterocycles. The van der Waals surface area contributed by atoms with Crippen molar-refractivity contribution in [3.05, 3.63) is 66.2 Å². The Balaban J connectivity index is 1.24. The number of aromatic amines is 1. The molecule has 0 saturated carbocycles. The molecule has 0 radical (unpaired) electrons. The van der Waals surface area contributed by atoms with Gasteiger partial charge in [0.15, 0.2) is 0 Å². The molecule has 164 valence electrons. The van der Waals surface area contributed by atoms with Gasteiger partial charge in [0, 0.05) is 13.1 Å². The van der Waals surface area contributed by atoms with Gasteiger partial charge < -0.3 is 4.74 Å². The molecule has 0 amide bonds. The number of nitrogens with zero attached hydrogens (tertiary/aromatic N) is 7. The quantitative estimate of drug-likeness (QED) is 0.442. The summed E-state index contributed by atoms with van der Waals surface area (Å²) in [6, 6.07) is 12.7. The SMILES string of the molecule is O=S(=O)(c1ccc(F)c(-c2nn[nH]n2)c1)N1CC(n2cc(COc3ccccc3)nn2)C1. The number of hydrogen-bond acceptors (Lipinski definition) is 8. The summed E-state index contributed by atoms with van der Waals surface area (Å²) in [4.78, 5) is -0.0484. The third kappa shape index (κ3) is 3.83. The first kappa shape index (κ1) is 20.2. The first-order valence-electron chi connectivity index (χ1n) is 9.63. The molecule has 0 aliphatic carbocycles. The lowest BCUT2D eigenvalue weighted by Crippen LogP contribution is -2.50.